The normalized spacial score (nSPS) is 15.4. The van der Waals surface area contributed by atoms with Gasteiger partial charge in [0.25, 0.3) is 6.43 Å². The molecule has 5 heteroatoms. The number of aliphatic hydroxyl groups is 1. The van der Waals surface area contributed by atoms with Gasteiger partial charge >= 0.3 is 0 Å². The Hall–Kier alpha value is -1.20. The lowest BCUT2D eigenvalue weighted by Gasteiger charge is -2.32. The second-order valence-corrected chi connectivity index (χ2v) is 5.56. The van der Waals surface area contributed by atoms with Gasteiger partial charge in [-0.1, -0.05) is 12.1 Å². The molecule has 0 bridgehead atoms. The van der Waals surface area contributed by atoms with Crippen molar-refractivity contribution in [2.24, 2.45) is 0 Å². The van der Waals surface area contributed by atoms with Crippen molar-refractivity contribution in [2.45, 2.75) is 38.3 Å². The zero-order valence-corrected chi connectivity index (χ0v) is 11.7. The molecule has 0 aliphatic heterocycles. The maximum atomic E-state index is 13.2. The number of rotatable bonds is 5. The highest BCUT2D eigenvalue weighted by atomic mass is 19.3. The van der Waals surface area contributed by atoms with Crippen LogP contribution in [-0.4, -0.2) is 30.7 Å². The molecule has 0 aliphatic carbocycles. The summed E-state index contributed by atoms with van der Waals surface area (Å²) in [4.78, 5) is 0. The summed E-state index contributed by atoms with van der Waals surface area (Å²) in [6.45, 7) is 5.34. The molecule has 1 aromatic rings. The predicted octanol–water partition coefficient (Wildman–Crippen LogP) is 2.54. The van der Waals surface area contributed by atoms with Crippen LogP contribution in [0.3, 0.4) is 0 Å². The fourth-order valence-corrected chi connectivity index (χ4v) is 1.58. The summed E-state index contributed by atoms with van der Waals surface area (Å²) in [7, 11) is 1.50. The summed E-state index contributed by atoms with van der Waals surface area (Å²) in [5, 5.41) is 13.1. The first kappa shape index (κ1) is 15.9. The molecule has 0 saturated heterocycles. The number of alkyl halides is 2. The first-order valence-electron chi connectivity index (χ1n) is 6.09. The van der Waals surface area contributed by atoms with Gasteiger partial charge in [-0.05, 0) is 38.5 Å². The molecule has 3 nitrogen and oxygen atoms in total. The molecule has 1 aromatic carbocycles. The van der Waals surface area contributed by atoms with Crippen molar-refractivity contribution in [3.63, 3.8) is 0 Å². The molecule has 0 radical (unpaired) electrons. The highest BCUT2D eigenvalue weighted by Crippen LogP contribution is 2.29. The van der Waals surface area contributed by atoms with Crippen LogP contribution >= 0.6 is 0 Å². The molecule has 0 aromatic heterocycles. The average Bonchev–Trinajstić information content (AvgIpc) is 2.35. The summed E-state index contributed by atoms with van der Waals surface area (Å²) in [6, 6.07) is 6.02. The molecule has 1 atom stereocenters. The SMILES string of the molecule is COc1ccc(C(O)(CNC(C)(C)C)C(F)F)cc1. The first-order valence-corrected chi connectivity index (χ1v) is 6.09. The average molecular weight is 273 g/mol. The van der Waals surface area contributed by atoms with Gasteiger partial charge in [-0.25, -0.2) is 8.78 Å². The van der Waals surface area contributed by atoms with E-state index in [1.807, 2.05) is 20.8 Å². The summed E-state index contributed by atoms with van der Waals surface area (Å²) in [5.41, 5.74) is -2.39. The largest absolute Gasteiger partial charge is 0.497 e. The van der Waals surface area contributed by atoms with Crippen molar-refractivity contribution < 1.29 is 18.6 Å². The number of halogens is 2. The van der Waals surface area contributed by atoms with Gasteiger partial charge in [-0.15, -0.1) is 0 Å². The van der Waals surface area contributed by atoms with E-state index >= 15 is 0 Å². The number of methoxy groups -OCH3 is 1. The van der Waals surface area contributed by atoms with E-state index in [4.69, 9.17) is 4.74 Å². The molecule has 0 heterocycles. The number of β-amino-alcohol motifs (C(OH)–C–C–N with tert-alkyl or cyclic N) is 1. The third-order valence-corrected chi connectivity index (χ3v) is 2.84. The van der Waals surface area contributed by atoms with Crippen LogP contribution < -0.4 is 10.1 Å². The minimum Gasteiger partial charge on any atom is -0.497 e. The molecule has 0 aliphatic rings. The molecule has 108 valence electrons. The minimum absolute atomic E-state index is 0.167. The lowest BCUT2D eigenvalue weighted by atomic mass is 9.93. The quantitative estimate of drug-likeness (QED) is 0.866. The van der Waals surface area contributed by atoms with E-state index in [2.05, 4.69) is 5.32 Å². The van der Waals surface area contributed by atoms with Crippen molar-refractivity contribution in [1.29, 1.82) is 0 Å². The van der Waals surface area contributed by atoms with Crippen LogP contribution in [0.25, 0.3) is 0 Å². The van der Waals surface area contributed by atoms with Crippen molar-refractivity contribution in [3.05, 3.63) is 29.8 Å². The molecule has 0 saturated carbocycles. The zero-order valence-electron chi connectivity index (χ0n) is 11.7. The number of hydrogen-bond acceptors (Lipinski definition) is 3. The van der Waals surface area contributed by atoms with Crippen LogP contribution in [-0.2, 0) is 5.60 Å². The lowest BCUT2D eigenvalue weighted by molar-refractivity contribution is -0.102. The van der Waals surface area contributed by atoms with E-state index < -0.39 is 12.0 Å². The molecule has 19 heavy (non-hydrogen) atoms. The van der Waals surface area contributed by atoms with Gasteiger partial charge in [0.05, 0.1) is 7.11 Å². The molecule has 0 fully saturated rings. The first-order chi connectivity index (χ1) is 8.69. The number of benzene rings is 1. The van der Waals surface area contributed by atoms with Crippen LogP contribution in [0.15, 0.2) is 24.3 Å². The van der Waals surface area contributed by atoms with Crippen LogP contribution in [0.2, 0.25) is 0 Å². The zero-order chi connectivity index (χ0) is 14.7. The maximum Gasteiger partial charge on any atom is 0.272 e. The number of ether oxygens (including phenoxy) is 1. The summed E-state index contributed by atoms with van der Waals surface area (Å²) in [6.07, 6.45) is -2.88. The third-order valence-electron chi connectivity index (χ3n) is 2.84. The fourth-order valence-electron chi connectivity index (χ4n) is 1.58. The van der Waals surface area contributed by atoms with Gasteiger partial charge in [0, 0.05) is 12.1 Å². The summed E-state index contributed by atoms with van der Waals surface area (Å²) >= 11 is 0. The molecule has 0 spiro atoms. The third kappa shape index (κ3) is 4.14. The second-order valence-electron chi connectivity index (χ2n) is 5.56. The van der Waals surface area contributed by atoms with Crippen molar-refractivity contribution in [2.75, 3.05) is 13.7 Å². The summed E-state index contributed by atoms with van der Waals surface area (Å²) < 4.78 is 31.4. The monoisotopic (exact) mass is 273 g/mol. The van der Waals surface area contributed by atoms with Crippen LogP contribution in [0, 0.1) is 0 Å². The van der Waals surface area contributed by atoms with E-state index in [9.17, 15) is 13.9 Å². The van der Waals surface area contributed by atoms with Crippen molar-refractivity contribution in [1.82, 2.24) is 5.32 Å². The van der Waals surface area contributed by atoms with Gasteiger partial charge in [0.2, 0.25) is 0 Å². The summed E-state index contributed by atoms with van der Waals surface area (Å²) in [5.74, 6) is 0.559. The smallest absolute Gasteiger partial charge is 0.272 e. The maximum absolute atomic E-state index is 13.2. The standard InChI is InChI=1S/C14H21F2NO2/c1-13(2,3)17-9-14(18,12(15)16)10-5-7-11(19-4)8-6-10/h5-8,12,17-18H,9H2,1-4H3. The molecule has 2 N–H and O–H groups in total. The number of nitrogens with one attached hydrogen (secondary N) is 1. The van der Waals surface area contributed by atoms with Crippen LogP contribution in [0.4, 0.5) is 8.78 Å². The van der Waals surface area contributed by atoms with Crippen molar-refractivity contribution >= 4 is 0 Å². The van der Waals surface area contributed by atoms with Gasteiger partial charge in [-0.2, -0.15) is 0 Å². The van der Waals surface area contributed by atoms with Gasteiger partial charge in [0.15, 0.2) is 5.60 Å². The Kier molecular flexibility index (Phi) is 4.87. The van der Waals surface area contributed by atoms with E-state index in [0.29, 0.717) is 5.75 Å². The molecule has 1 unspecified atom stereocenters. The Morgan fingerprint density at radius 1 is 1.21 bits per heavy atom. The topological polar surface area (TPSA) is 41.5 Å². The number of hydrogen-bond donors (Lipinski definition) is 2. The van der Waals surface area contributed by atoms with E-state index in [-0.39, 0.29) is 17.6 Å². The Morgan fingerprint density at radius 2 is 1.74 bits per heavy atom. The highest BCUT2D eigenvalue weighted by Gasteiger charge is 2.40. The van der Waals surface area contributed by atoms with Gasteiger partial charge in [-0.3, -0.25) is 0 Å². The van der Waals surface area contributed by atoms with Gasteiger partial charge < -0.3 is 15.2 Å². The predicted molar refractivity (Wildman–Crippen MR) is 70.7 cm³/mol. The Bertz CT molecular complexity index is 401. The minimum atomic E-state index is -2.88. The van der Waals surface area contributed by atoms with Crippen molar-refractivity contribution in [3.8, 4) is 5.75 Å². The van der Waals surface area contributed by atoms with Gasteiger partial charge in [0.1, 0.15) is 5.75 Å². The molecule has 1 rings (SSSR count). The molecular formula is C14H21F2NO2. The Labute approximate surface area is 112 Å². The molecular weight excluding hydrogens is 252 g/mol. The second kappa shape index (κ2) is 5.84. The van der Waals surface area contributed by atoms with E-state index in [1.54, 1.807) is 12.1 Å². The van der Waals surface area contributed by atoms with Crippen LogP contribution in [0.1, 0.15) is 26.3 Å². The van der Waals surface area contributed by atoms with E-state index in [0.717, 1.165) is 0 Å². The molecule has 0 amide bonds. The lowest BCUT2D eigenvalue weighted by Crippen LogP contribution is -2.49. The Morgan fingerprint density at radius 3 is 2.11 bits per heavy atom. The Balaban J connectivity index is 2.97. The highest BCUT2D eigenvalue weighted by molar-refractivity contribution is 5.31. The fraction of sp³-hybridized carbons (Fsp3) is 0.571. The van der Waals surface area contributed by atoms with E-state index in [1.165, 1.54) is 19.2 Å². The van der Waals surface area contributed by atoms with Crippen LogP contribution in [0.5, 0.6) is 5.75 Å².